The van der Waals surface area contributed by atoms with Gasteiger partial charge in [0.15, 0.2) is 0 Å². The first-order valence-corrected chi connectivity index (χ1v) is 6.23. The molecule has 1 N–H and O–H groups in total. The summed E-state index contributed by atoms with van der Waals surface area (Å²) in [5, 5.41) is 3.41. The summed E-state index contributed by atoms with van der Waals surface area (Å²) >= 11 is 0. The Kier molecular flexibility index (Phi) is 6.16. The first-order chi connectivity index (χ1) is 8.09. The summed E-state index contributed by atoms with van der Waals surface area (Å²) in [7, 11) is 4.17. The molecular formula is C14H23FN2. The molecule has 0 heterocycles. The lowest BCUT2D eigenvalue weighted by atomic mass is 10.1. The standard InChI is InChI=1S/C14H23FN2/c1-12(13-7-6-8-14(15)11-13)16-9-4-5-10-17(2)3/h6-8,11-12,16H,4-5,9-10H2,1-3H3. The minimum atomic E-state index is -0.163. The molecule has 17 heavy (non-hydrogen) atoms. The van der Waals surface area contributed by atoms with Crippen molar-refractivity contribution in [1.29, 1.82) is 0 Å². The number of halogens is 1. The maximum atomic E-state index is 13.0. The highest BCUT2D eigenvalue weighted by atomic mass is 19.1. The van der Waals surface area contributed by atoms with Gasteiger partial charge in [0.2, 0.25) is 0 Å². The molecule has 3 heteroatoms. The van der Waals surface area contributed by atoms with Crippen molar-refractivity contribution in [2.75, 3.05) is 27.2 Å². The fourth-order valence-electron chi connectivity index (χ4n) is 1.77. The predicted octanol–water partition coefficient (Wildman–Crippen LogP) is 2.82. The average molecular weight is 238 g/mol. The molecule has 0 saturated carbocycles. The van der Waals surface area contributed by atoms with Gasteiger partial charge in [0.1, 0.15) is 5.82 Å². The van der Waals surface area contributed by atoms with Crippen LogP contribution in [0, 0.1) is 5.82 Å². The average Bonchev–Trinajstić information content (AvgIpc) is 2.28. The Morgan fingerprint density at radius 2 is 2.06 bits per heavy atom. The molecule has 0 aromatic heterocycles. The summed E-state index contributed by atoms with van der Waals surface area (Å²) in [4.78, 5) is 2.19. The van der Waals surface area contributed by atoms with E-state index in [-0.39, 0.29) is 11.9 Å². The molecule has 1 aromatic rings. The fraction of sp³-hybridized carbons (Fsp3) is 0.571. The summed E-state index contributed by atoms with van der Waals surface area (Å²) in [6.07, 6.45) is 2.34. The zero-order valence-electron chi connectivity index (χ0n) is 11.0. The molecule has 0 saturated heterocycles. The van der Waals surface area contributed by atoms with E-state index in [9.17, 15) is 4.39 Å². The van der Waals surface area contributed by atoms with Gasteiger partial charge in [0, 0.05) is 6.04 Å². The molecule has 0 radical (unpaired) electrons. The van der Waals surface area contributed by atoms with Crippen LogP contribution in [0.3, 0.4) is 0 Å². The maximum Gasteiger partial charge on any atom is 0.123 e. The molecule has 1 aromatic carbocycles. The lowest BCUT2D eigenvalue weighted by molar-refractivity contribution is 0.389. The zero-order valence-corrected chi connectivity index (χ0v) is 11.0. The summed E-state index contributed by atoms with van der Waals surface area (Å²) in [5.74, 6) is -0.163. The van der Waals surface area contributed by atoms with Crippen LogP contribution in [0.2, 0.25) is 0 Å². The summed E-state index contributed by atoms with van der Waals surface area (Å²) in [6, 6.07) is 7.00. The molecule has 0 fully saturated rings. The highest BCUT2D eigenvalue weighted by Gasteiger charge is 2.04. The molecule has 0 amide bonds. The second-order valence-corrected chi connectivity index (χ2v) is 4.74. The first kappa shape index (κ1) is 14.1. The quantitative estimate of drug-likeness (QED) is 0.735. The van der Waals surface area contributed by atoms with E-state index >= 15 is 0 Å². The zero-order chi connectivity index (χ0) is 12.7. The van der Waals surface area contributed by atoms with Crippen LogP contribution in [-0.2, 0) is 0 Å². The van der Waals surface area contributed by atoms with E-state index in [0.29, 0.717) is 0 Å². The molecule has 0 aliphatic rings. The normalized spacial score (nSPS) is 13.0. The minimum absolute atomic E-state index is 0.163. The monoisotopic (exact) mass is 238 g/mol. The first-order valence-electron chi connectivity index (χ1n) is 6.23. The topological polar surface area (TPSA) is 15.3 Å². The molecule has 0 spiro atoms. The minimum Gasteiger partial charge on any atom is -0.310 e. The van der Waals surface area contributed by atoms with Crippen LogP contribution in [0.25, 0.3) is 0 Å². The molecule has 0 bridgehead atoms. The summed E-state index contributed by atoms with van der Waals surface area (Å²) in [6.45, 7) is 4.17. The van der Waals surface area contributed by atoms with E-state index in [4.69, 9.17) is 0 Å². The van der Waals surface area contributed by atoms with Gasteiger partial charge in [-0.15, -0.1) is 0 Å². The van der Waals surface area contributed by atoms with E-state index in [1.165, 1.54) is 12.5 Å². The third-order valence-corrected chi connectivity index (χ3v) is 2.83. The Bertz CT molecular complexity index is 326. The van der Waals surface area contributed by atoms with E-state index in [1.54, 1.807) is 12.1 Å². The van der Waals surface area contributed by atoms with Crippen LogP contribution in [0.1, 0.15) is 31.4 Å². The molecular weight excluding hydrogens is 215 g/mol. The van der Waals surface area contributed by atoms with Crippen molar-refractivity contribution in [2.24, 2.45) is 0 Å². The van der Waals surface area contributed by atoms with Crippen LogP contribution in [0.4, 0.5) is 4.39 Å². The van der Waals surface area contributed by atoms with Gasteiger partial charge in [0.25, 0.3) is 0 Å². The SMILES string of the molecule is CC(NCCCCN(C)C)c1cccc(F)c1. The molecule has 2 nitrogen and oxygen atoms in total. The number of hydrogen-bond donors (Lipinski definition) is 1. The number of nitrogens with one attached hydrogen (secondary N) is 1. The van der Waals surface area contributed by atoms with Crippen LogP contribution < -0.4 is 5.32 Å². The van der Waals surface area contributed by atoms with Gasteiger partial charge in [-0.05, 0) is 64.6 Å². The Balaban J connectivity index is 2.23. The Hall–Kier alpha value is -0.930. The lowest BCUT2D eigenvalue weighted by Crippen LogP contribution is -2.21. The molecule has 1 rings (SSSR count). The molecule has 96 valence electrons. The van der Waals surface area contributed by atoms with Crippen molar-refractivity contribution >= 4 is 0 Å². The van der Waals surface area contributed by atoms with E-state index < -0.39 is 0 Å². The van der Waals surface area contributed by atoms with Gasteiger partial charge in [-0.3, -0.25) is 0 Å². The summed E-state index contributed by atoms with van der Waals surface area (Å²) in [5.41, 5.74) is 1.01. The Morgan fingerprint density at radius 3 is 2.71 bits per heavy atom. The highest BCUT2D eigenvalue weighted by Crippen LogP contribution is 2.13. The lowest BCUT2D eigenvalue weighted by Gasteiger charge is -2.15. The van der Waals surface area contributed by atoms with Gasteiger partial charge in [-0.25, -0.2) is 4.39 Å². The van der Waals surface area contributed by atoms with Crippen LogP contribution in [0.15, 0.2) is 24.3 Å². The van der Waals surface area contributed by atoms with Gasteiger partial charge in [0.05, 0.1) is 0 Å². The third kappa shape index (κ3) is 5.80. The van der Waals surface area contributed by atoms with Crippen LogP contribution in [-0.4, -0.2) is 32.1 Å². The molecule has 0 aliphatic heterocycles. The Labute approximate surface area is 104 Å². The highest BCUT2D eigenvalue weighted by molar-refractivity contribution is 5.19. The van der Waals surface area contributed by atoms with Crippen LogP contribution in [0.5, 0.6) is 0 Å². The van der Waals surface area contributed by atoms with Crippen molar-refractivity contribution in [3.05, 3.63) is 35.6 Å². The summed E-state index contributed by atoms with van der Waals surface area (Å²) < 4.78 is 13.0. The van der Waals surface area contributed by atoms with Crippen molar-refractivity contribution in [3.8, 4) is 0 Å². The Morgan fingerprint density at radius 1 is 1.29 bits per heavy atom. The van der Waals surface area contributed by atoms with E-state index in [2.05, 4.69) is 31.2 Å². The van der Waals surface area contributed by atoms with Crippen molar-refractivity contribution in [1.82, 2.24) is 10.2 Å². The second-order valence-electron chi connectivity index (χ2n) is 4.74. The van der Waals surface area contributed by atoms with Gasteiger partial charge in [-0.2, -0.15) is 0 Å². The molecule has 1 atom stereocenters. The van der Waals surface area contributed by atoms with Crippen molar-refractivity contribution < 1.29 is 4.39 Å². The van der Waals surface area contributed by atoms with E-state index in [1.807, 2.05) is 6.07 Å². The second kappa shape index (κ2) is 7.41. The van der Waals surface area contributed by atoms with Gasteiger partial charge in [-0.1, -0.05) is 12.1 Å². The molecule has 1 unspecified atom stereocenters. The largest absolute Gasteiger partial charge is 0.310 e. The number of hydrogen-bond acceptors (Lipinski definition) is 2. The number of benzene rings is 1. The number of rotatable bonds is 7. The third-order valence-electron chi connectivity index (χ3n) is 2.83. The van der Waals surface area contributed by atoms with Crippen molar-refractivity contribution in [3.63, 3.8) is 0 Å². The van der Waals surface area contributed by atoms with Gasteiger partial charge >= 0.3 is 0 Å². The number of unbranched alkanes of at least 4 members (excludes halogenated alkanes) is 1. The smallest absolute Gasteiger partial charge is 0.123 e. The fourth-order valence-corrected chi connectivity index (χ4v) is 1.77. The number of nitrogens with zero attached hydrogens (tertiary/aromatic N) is 1. The maximum absolute atomic E-state index is 13.0. The predicted molar refractivity (Wildman–Crippen MR) is 70.6 cm³/mol. The van der Waals surface area contributed by atoms with Crippen LogP contribution >= 0.6 is 0 Å². The molecule has 0 aliphatic carbocycles. The van der Waals surface area contributed by atoms with Gasteiger partial charge < -0.3 is 10.2 Å². The van der Waals surface area contributed by atoms with Crippen molar-refractivity contribution in [2.45, 2.75) is 25.8 Å². The van der Waals surface area contributed by atoms with E-state index in [0.717, 1.165) is 25.1 Å².